The van der Waals surface area contributed by atoms with Gasteiger partial charge in [-0.15, -0.1) is 0 Å². The molecule has 1 saturated heterocycles. The topological polar surface area (TPSA) is 73.9 Å². The van der Waals surface area contributed by atoms with Crippen LogP contribution in [-0.4, -0.2) is 17.7 Å². The summed E-state index contributed by atoms with van der Waals surface area (Å²) in [6, 6.07) is 14.1. The number of esters is 2. The molecule has 0 bridgehead atoms. The number of hydrogen-bond acceptors (Lipinski definition) is 6. The molecule has 2 aromatic carbocycles. The quantitative estimate of drug-likeness (QED) is 0.490. The third kappa shape index (κ3) is 4.15. The Morgan fingerprint density at radius 3 is 2.35 bits per heavy atom. The lowest BCUT2D eigenvalue weighted by atomic mass is 10.2. The molecule has 0 aromatic heterocycles. The molecule has 7 heteroatoms. The Balaban J connectivity index is 1.84. The highest BCUT2D eigenvalue weighted by Crippen LogP contribution is 2.32. The summed E-state index contributed by atoms with van der Waals surface area (Å²) in [6.07, 6.45) is 1.21. The molecule has 0 amide bonds. The molecule has 6 nitrogen and oxygen atoms in total. The second-order valence-electron chi connectivity index (χ2n) is 5.94. The van der Waals surface area contributed by atoms with Gasteiger partial charge in [0.2, 0.25) is 0 Å². The van der Waals surface area contributed by atoms with Crippen LogP contribution in [0.15, 0.2) is 60.3 Å². The van der Waals surface area contributed by atoms with Crippen LogP contribution >= 0.6 is 11.6 Å². The lowest BCUT2D eigenvalue weighted by molar-refractivity contribution is -0.222. The average Bonchev–Trinajstić information content (AvgIpc) is 2.56. The number of carbonyl (C=O) groups is 2. The van der Waals surface area contributed by atoms with Gasteiger partial charge in [-0.3, -0.25) is 0 Å². The fraction of sp³-hybridized carbons (Fsp3) is 0.158. The Morgan fingerprint density at radius 2 is 1.69 bits per heavy atom. The molecule has 3 rings (SSSR count). The van der Waals surface area contributed by atoms with Crippen LogP contribution in [0, 0.1) is 0 Å². The Morgan fingerprint density at radius 1 is 1.04 bits per heavy atom. The summed E-state index contributed by atoms with van der Waals surface area (Å²) < 4.78 is 15.9. The van der Waals surface area contributed by atoms with Gasteiger partial charge in [0, 0.05) is 25.1 Å². The first-order chi connectivity index (χ1) is 12.3. The molecule has 1 N–H and O–H groups in total. The van der Waals surface area contributed by atoms with Crippen molar-refractivity contribution in [3.8, 4) is 11.5 Å². The van der Waals surface area contributed by atoms with Crippen molar-refractivity contribution in [1.29, 1.82) is 0 Å². The summed E-state index contributed by atoms with van der Waals surface area (Å²) in [5.41, 5.74) is 0.217. The van der Waals surface area contributed by atoms with Crippen molar-refractivity contribution in [2.75, 3.05) is 5.32 Å². The SMILES string of the molecule is CC1(C)OC(=O)C(=CNc2cc(Cl)ccc2Oc2ccccc2)C(=O)O1. The number of halogens is 1. The van der Waals surface area contributed by atoms with Crippen LogP contribution in [0.2, 0.25) is 5.02 Å². The number of benzene rings is 2. The van der Waals surface area contributed by atoms with Crippen LogP contribution in [0.1, 0.15) is 13.8 Å². The van der Waals surface area contributed by atoms with Gasteiger partial charge in [-0.25, -0.2) is 9.59 Å². The third-order valence-corrected chi connectivity index (χ3v) is 3.64. The molecule has 0 aliphatic carbocycles. The van der Waals surface area contributed by atoms with Crippen LogP contribution < -0.4 is 10.1 Å². The predicted molar refractivity (Wildman–Crippen MR) is 95.9 cm³/mol. The van der Waals surface area contributed by atoms with Gasteiger partial charge in [0.1, 0.15) is 5.75 Å². The standard InChI is InChI=1S/C19H16ClNO5/c1-19(2)25-17(22)14(18(23)26-19)11-21-15-10-12(20)8-9-16(15)24-13-6-4-3-5-7-13/h3-11,21H,1-2H3. The van der Waals surface area contributed by atoms with E-state index in [1.54, 1.807) is 30.3 Å². The molecule has 0 saturated carbocycles. The summed E-state index contributed by atoms with van der Waals surface area (Å²) >= 11 is 6.04. The monoisotopic (exact) mass is 373 g/mol. The molecule has 1 aliphatic rings. The smallest absolute Gasteiger partial charge is 0.350 e. The lowest BCUT2D eigenvalue weighted by Gasteiger charge is -2.29. The van der Waals surface area contributed by atoms with E-state index in [2.05, 4.69) is 5.32 Å². The van der Waals surface area contributed by atoms with Crippen molar-refractivity contribution in [1.82, 2.24) is 0 Å². The Hall–Kier alpha value is -2.99. The number of carbonyl (C=O) groups excluding carboxylic acids is 2. The van der Waals surface area contributed by atoms with Crippen LogP contribution in [0.3, 0.4) is 0 Å². The minimum atomic E-state index is -1.29. The summed E-state index contributed by atoms with van der Waals surface area (Å²) in [5, 5.41) is 3.32. The largest absolute Gasteiger partial charge is 0.455 e. The molecule has 1 fully saturated rings. The summed E-state index contributed by atoms with van der Waals surface area (Å²) in [7, 11) is 0. The molecule has 0 spiro atoms. The van der Waals surface area contributed by atoms with Crippen molar-refractivity contribution in [2.45, 2.75) is 19.6 Å². The van der Waals surface area contributed by atoms with Gasteiger partial charge in [-0.2, -0.15) is 0 Å². The van der Waals surface area contributed by atoms with E-state index < -0.39 is 17.7 Å². The van der Waals surface area contributed by atoms with E-state index in [9.17, 15) is 9.59 Å². The number of hydrogen-bond donors (Lipinski definition) is 1. The summed E-state index contributed by atoms with van der Waals surface area (Å²) in [6.45, 7) is 2.96. The minimum Gasteiger partial charge on any atom is -0.455 e. The number of cyclic esters (lactones) is 2. The zero-order chi connectivity index (χ0) is 18.7. The van der Waals surface area contributed by atoms with Crippen molar-refractivity contribution in [3.05, 3.63) is 65.3 Å². The number of ether oxygens (including phenoxy) is 3. The van der Waals surface area contributed by atoms with E-state index in [4.69, 9.17) is 25.8 Å². The lowest BCUT2D eigenvalue weighted by Crippen LogP contribution is -2.42. The van der Waals surface area contributed by atoms with Gasteiger partial charge in [0.05, 0.1) is 5.69 Å². The molecule has 0 atom stereocenters. The fourth-order valence-electron chi connectivity index (χ4n) is 2.25. The van der Waals surface area contributed by atoms with Gasteiger partial charge in [0.25, 0.3) is 5.79 Å². The van der Waals surface area contributed by atoms with Crippen LogP contribution in [0.4, 0.5) is 5.69 Å². The first kappa shape index (κ1) is 17.8. The van der Waals surface area contributed by atoms with Crippen LogP contribution in [0.5, 0.6) is 11.5 Å². The van der Waals surface area contributed by atoms with Gasteiger partial charge in [0.15, 0.2) is 11.3 Å². The molecule has 1 aliphatic heterocycles. The number of nitrogens with one attached hydrogen (secondary N) is 1. The van der Waals surface area contributed by atoms with Crippen molar-refractivity contribution in [3.63, 3.8) is 0 Å². The Kier molecular flexibility index (Phi) is 4.86. The van der Waals surface area contributed by atoms with E-state index >= 15 is 0 Å². The summed E-state index contributed by atoms with van der Waals surface area (Å²) in [4.78, 5) is 24.0. The highest BCUT2D eigenvalue weighted by molar-refractivity contribution is 6.31. The van der Waals surface area contributed by atoms with Crippen molar-refractivity contribution >= 4 is 29.2 Å². The molecule has 1 heterocycles. The van der Waals surface area contributed by atoms with Gasteiger partial charge >= 0.3 is 11.9 Å². The maximum atomic E-state index is 12.0. The van der Waals surface area contributed by atoms with Crippen molar-refractivity contribution < 1.29 is 23.8 Å². The van der Waals surface area contributed by atoms with E-state index in [1.165, 1.54) is 20.0 Å². The van der Waals surface area contributed by atoms with Gasteiger partial charge < -0.3 is 19.5 Å². The highest BCUT2D eigenvalue weighted by Gasteiger charge is 2.38. The number of rotatable bonds is 4. The van der Waals surface area contributed by atoms with Crippen LogP contribution in [0.25, 0.3) is 0 Å². The molecular weight excluding hydrogens is 358 g/mol. The van der Waals surface area contributed by atoms with E-state index in [1.807, 2.05) is 18.2 Å². The average molecular weight is 374 g/mol. The first-order valence-electron chi connectivity index (χ1n) is 7.80. The maximum absolute atomic E-state index is 12.0. The Bertz CT molecular complexity index is 855. The van der Waals surface area contributed by atoms with Gasteiger partial charge in [-0.1, -0.05) is 29.8 Å². The number of para-hydroxylation sites is 1. The predicted octanol–water partition coefficient (Wildman–Crippen LogP) is 4.26. The second-order valence-corrected chi connectivity index (χ2v) is 6.37. The summed E-state index contributed by atoms with van der Waals surface area (Å²) in [5.74, 6) is -1.74. The fourth-order valence-corrected chi connectivity index (χ4v) is 2.42. The first-order valence-corrected chi connectivity index (χ1v) is 8.18. The van der Waals surface area contributed by atoms with Crippen molar-refractivity contribution in [2.24, 2.45) is 0 Å². The minimum absolute atomic E-state index is 0.255. The molecule has 2 aromatic rings. The van der Waals surface area contributed by atoms with E-state index in [-0.39, 0.29) is 5.57 Å². The molecular formula is C19H16ClNO5. The molecule has 26 heavy (non-hydrogen) atoms. The van der Waals surface area contributed by atoms with Gasteiger partial charge in [-0.05, 0) is 30.3 Å². The molecule has 0 radical (unpaired) electrons. The Labute approximate surface area is 155 Å². The second kappa shape index (κ2) is 7.09. The highest BCUT2D eigenvalue weighted by atomic mass is 35.5. The number of anilines is 1. The van der Waals surface area contributed by atoms with Crippen LogP contribution in [-0.2, 0) is 19.1 Å². The zero-order valence-electron chi connectivity index (χ0n) is 14.1. The molecule has 134 valence electrons. The zero-order valence-corrected chi connectivity index (χ0v) is 14.9. The van der Waals surface area contributed by atoms with E-state index in [0.717, 1.165) is 0 Å². The third-order valence-electron chi connectivity index (χ3n) is 3.40. The normalized spacial score (nSPS) is 15.7. The maximum Gasteiger partial charge on any atom is 0.350 e. The molecule has 0 unspecified atom stereocenters. The van der Waals surface area contributed by atoms with E-state index in [0.29, 0.717) is 22.2 Å².